The van der Waals surface area contributed by atoms with Crippen LogP contribution in [0.3, 0.4) is 0 Å². The number of carbonyl (C=O) groups excluding carboxylic acids is 1. The number of pyridine rings is 1. The number of aryl methyl sites for hydroxylation is 1. The SMILES string of the molecule is COc1ccccc1CN(CCO)C(=O)c1cnc2ccc(C)cn12. The Morgan fingerprint density at radius 2 is 2.08 bits per heavy atom. The number of ether oxygens (including phenoxy) is 1. The Hall–Kier alpha value is -2.86. The lowest BCUT2D eigenvalue weighted by Crippen LogP contribution is -2.34. The molecule has 6 nitrogen and oxygen atoms in total. The molecule has 2 heterocycles. The second-order valence-corrected chi connectivity index (χ2v) is 5.84. The maximum atomic E-state index is 13.0. The monoisotopic (exact) mass is 339 g/mol. The number of aromatic nitrogens is 2. The Morgan fingerprint density at radius 1 is 1.28 bits per heavy atom. The highest BCUT2D eigenvalue weighted by atomic mass is 16.5. The molecule has 3 aromatic rings. The minimum atomic E-state index is -0.182. The summed E-state index contributed by atoms with van der Waals surface area (Å²) in [6.45, 7) is 2.43. The number of imidazole rings is 1. The normalized spacial score (nSPS) is 10.8. The van der Waals surface area contributed by atoms with Crippen molar-refractivity contribution in [3.05, 3.63) is 65.6 Å². The van der Waals surface area contributed by atoms with Gasteiger partial charge in [-0.15, -0.1) is 0 Å². The van der Waals surface area contributed by atoms with Gasteiger partial charge in [0.05, 0.1) is 19.9 Å². The summed E-state index contributed by atoms with van der Waals surface area (Å²) in [6.07, 6.45) is 3.46. The van der Waals surface area contributed by atoms with E-state index >= 15 is 0 Å². The molecule has 0 saturated heterocycles. The van der Waals surface area contributed by atoms with Crippen molar-refractivity contribution in [3.63, 3.8) is 0 Å². The van der Waals surface area contributed by atoms with Crippen LogP contribution in [-0.2, 0) is 6.54 Å². The van der Waals surface area contributed by atoms with Crippen LogP contribution in [-0.4, -0.2) is 45.6 Å². The van der Waals surface area contributed by atoms with E-state index in [1.807, 2.05) is 49.5 Å². The van der Waals surface area contributed by atoms with E-state index < -0.39 is 0 Å². The average molecular weight is 339 g/mol. The minimum Gasteiger partial charge on any atom is -0.496 e. The van der Waals surface area contributed by atoms with Gasteiger partial charge < -0.3 is 14.7 Å². The zero-order chi connectivity index (χ0) is 17.8. The van der Waals surface area contributed by atoms with Crippen LogP contribution in [0.2, 0.25) is 0 Å². The summed E-state index contributed by atoms with van der Waals surface area (Å²) in [4.78, 5) is 18.9. The smallest absolute Gasteiger partial charge is 0.272 e. The van der Waals surface area contributed by atoms with Crippen molar-refractivity contribution in [1.29, 1.82) is 0 Å². The van der Waals surface area contributed by atoms with Crippen molar-refractivity contribution in [2.75, 3.05) is 20.3 Å². The van der Waals surface area contributed by atoms with Crippen molar-refractivity contribution < 1.29 is 14.6 Å². The lowest BCUT2D eigenvalue weighted by molar-refractivity contribution is 0.0699. The molecule has 1 amide bonds. The molecule has 3 rings (SSSR count). The van der Waals surface area contributed by atoms with E-state index in [0.717, 1.165) is 16.8 Å². The number of amides is 1. The van der Waals surface area contributed by atoms with Gasteiger partial charge in [-0.25, -0.2) is 4.98 Å². The van der Waals surface area contributed by atoms with Crippen molar-refractivity contribution in [1.82, 2.24) is 14.3 Å². The summed E-state index contributed by atoms with van der Waals surface area (Å²) >= 11 is 0. The number of aliphatic hydroxyl groups is 1. The Labute approximate surface area is 146 Å². The molecule has 0 aliphatic rings. The van der Waals surface area contributed by atoms with Crippen molar-refractivity contribution in [2.45, 2.75) is 13.5 Å². The van der Waals surface area contributed by atoms with E-state index in [1.165, 1.54) is 0 Å². The molecule has 0 saturated carbocycles. The van der Waals surface area contributed by atoms with Crippen LogP contribution in [0.25, 0.3) is 5.65 Å². The van der Waals surface area contributed by atoms with Crippen LogP contribution >= 0.6 is 0 Å². The van der Waals surface area contributed by atoms with Crippen LogP contribution < -0.4 is 4.74 Å². The second-order valence-electron chi connectivity index (χ2n) is 5.84. The predicted molar refractivity (Wildman–Crippen MR) is 94.7 cm³/mol. The molecule has 0 fully saturated rings. The van der Waals surface area contributed by atoms with Gasteiger partial charge in [0.15, 0.2) is 0 Å². The maximum Gasteiger partial charge on any atom is 0.272 e. The first-order valence-electron chi connectivity index (χ1n) is 8.09. The first-order chi connectivity index (χ1) is 12.1. The first kappa shape index (κ1) is 17.0. The van der Waals surface area contributed by atoms with E-state index in [1.54, 1.807) is 22.6 Å². The summed E-state index contributed by atoms with van der Waals surface area (Å²) in [7, 11) is 1.60. The van der Waals surface area contributed by atoms with Gasteiger partial charge in [0.2, 0.25) is 0 Å². The van der Waals surface area contributed by atoms with Gasteiger partial charge in [-0.2, -0.15) is 0 Å². The molecule has 0 radical (unpaired) electrons. The third kappa shape index (κ3) is 3.49. The minimum absolute atomic E-state index is 0.114. The third-order valence-corrected chi connectivity index (χ3v) is 4.08. The van der Waals surface area contributed by atoms with Gasteiger partial charge in [-0.1, -0.05) is 24.3 Å². The van der Waals surface area contributed by atoms with Crippen molar-refractivity contribution in [2.24, 2.45) is 0 Å². The number of hydrogen-bond donors (Lipinski definition) is 1. The Bertz CT molecular complexity index is 889. The molecule has 1 aromatic carbocycles. The summed E-state index contributed by atoms with van der Waals surface area (Å²) in [6, 6.07) is 11.4. The standard InChI is InChI=1S/C19H21N3O3/c1-14-7-8-18-20-11-16(22(18)12-14)19(24)21(9-10-23)13-15-5-3-4-6-17(15)25-2/h3-8,11-12,23H,9-10,13H2,1-2H3. The molecule has 0 atom stereocenters. The molecule has 2 aromatic heterocycles. The van der Waals surface area contributed by atoms with E-state index in [9.17, 15) is 9.90 Å². The molecule has 6 heteroatoms. The van der Waals surface area contributed by atoms with E-state index in [2.05, 4.69) is 4.98 Å². The maximum absolute atomic E-state index is 13.0. The molecule has 0 bridgehead atoms. The highest BCUT2D eigenvalue weighted by molar-refractivity contribution is 5.93. The Kier molecular flexibility index (Phi) is 5.00. The number of fused-ring (bicyclic) bond motifs is 1. The number of methoxy groups -OCH3 is 1. The van der Waals surface area contributed by atoms with Crippen LogP contribution in [0, 0.1) is 6.92 Å². The van der Waals surface area contributed by atoms with Crippen LogP contribution in [0.15, 0.2) is 48.8 Å². The molecule has 0 aliphatic carbocycles. The summed E-state index contributed by atoms with van der Waals surface area (Å²) < 4.78 is 7.14. The Morgan fingerprint density at radius 3 is 2.84 bits per heavy atom. The third-order valence-electron chi connectivity index (χ3n) is 4.08. The molecule has 0 spiro atoms. The van der Waals surface area contributed by atoms with E-state index in [-0.39, 0.29) is 19.1 Å². The number of hydrogen-bond acceptors (Lipinski definition) is 4. The van der Waals surface area contributed by atoms with Crippen LogP contribution in [0.4, 0.5) is 0 Å². The van der Waals surface area contributed by atoms with Crippen molar-refractivity contribution in [3.8, 4) is 5.75 Å². The fourth-order valence-corrected chi connectivity index (χ4v) is 2.82. The van der Waals surface area contributed by atoms with Gasteiger partial charge in [0.1, 0.15) is 17.1 Å². The number of nitrogens with zero attached hydrogens (tertiary/aromatic N) is 3. The molecule has 0 unspecified atom stereocenters. The molecule has 1 N–H and O–H groups in total. The number of aliphatic hydroxyl groups excluding tert-OH is 1. The Balaban J connectivity index is 1.94. The zero-order valence-electron chi connectivity index (χ0n) is 14.3. The largest absolute Gasteiger partial charge is 0.496 e. The van der Waals surface area contributed by atoms with Gasteiger partial charge in [0, 0.05) is 24.8 Å². The highest BCUT2D eigenvalue weighted by Gasteiger charge is 2.20. The van der Waals surface area contributed by atoms with Crippen LogP contribution in [0.1, 0.15) is 21.6 Å². The molecule has 0 aliphatic heterocycles. The van der Waals surface area contributed by atoms with E-state index in [0.29, 0.717) is 18.0 Å². The summed E-state index contributed by atoms with van der Waals surface area (Å²) in [5.74, 6) is 0.533. The number of rotatable bonds is 6. The average Bonchev–Trinajstić information content (AvgIpc) is 3.04. The number of carbonyl (C=O) groups is 1. The van der Waals surface area contributed by atoms with E-state index in [4.69, 9.17) is 4.74 Å². The summed E-state index contributed by atoms with van der Waals surface area (Å²) in [5.41, 5.74) is 3.12. The van der Waals surface area contributed by atoms with Crippen LogP contribution in [0.5, 0.6) is 5.75 Å². The van der Waals surface area contributed by atoms with Gasteiger partial charge in [0.25, 0.3) is 5.91 Å². The lowest BCUT2D eigenvalue weighted by Gasteiger charge is -2.22. The lowest BCUT2D eigenvalue weighted by atomic mass is 10.2. The first-order valence-corrected chi connectivity index (χ1v) is 8.09. The molecular weight excluding hydrogens is 318 g/mol. The topological polar surface area (TPSA) is 67.1 Å². The number of benzene rings is 1. The predicted octanol–water partition coefficient (Wildman–Crippen LogP) is 2.29. The molecular formula is C19H21N3O3. The fraction of sp³-hybridized carbons (Fsp3) is 0.263. The highest BCUT2D eigenvalue weighted by Crippen LogP contribution is 2.20. The molecule has 130 valence electrons. The fourth-order valence-electron chi connectivity index (χ4n) is 2.82. The van der Waals surface area contributed by atoms with Gasteiger partial charge in [-0.3, -0.25) is 9.20 Å². The van der Waals surface area contributed by atoms with Gasteiger partial charge >= 0.3 is 0 Å². The second kappa shape index (κ2) is 7.36. The molecule has 25 heavy (non-hydrogen) atoms. The quantitative estimate of drug-likeness (QED) is 0.748. The number of para-hydroxylation sites is 1. The van der Waals surface area contributed by atoms with Crippen molar-refractivity contribution >= 4 is 11.6 Å². The summed E-state index contributed by atoms with van der Waals surface area (Å²) in [5, 5.41) is 9.40. The van der Waals surface area contributed by atoms with Gasteiger partial charge in [-0.05, 0) is 24.6 Å². The zero-order valence-corrected chi connectivity index (χ0v) is 14.3.